The number of urea groups is 1. The van der Waals surface area contributed by atoms with Crippen molar-refractivity contribution in [2.45, 2.75) is 32.1 Å². The summed E-state index contributed by atoms with van der Waals surface area (Å²) in [5.41, 5.74) is -0.300. The van der Waals surface area contributed by atoms with Crippen molar-refractivity contribution >= 4 is 18.0 Å². The molecular weight excluding hydrogens is 252 g/mol. The van der Waals surface area contributed by atoms with E-state index in [2.05, 4.69) is 15.4 Å². The van der Waals surface area contributed by atoms with Crippen LogP contribution in [0.3, 0.4) is 0 Å². The number of rotatable bonds is 7. The van der Waals surface area contributed by atoms with Gasteiger partial charge in [0.25, 0.3) is 0 Å². The molecule has 0 radical (unpaired) electrons. The maximum absolute atomic E-state index is 11.5. The molecule has 0 aromatic heterocycles. The van der Waals surface area contributed by atoms with E-state index in [1.807, 2.05) is 0 Å². The minimum atomic E-state index is -0.840. The largest absolute Gasteiger partial charge is 0.481 e. The van der Waals surface area contributed by atoms with Crippen LogP contribution in [0.1, 0.15) is 32.1 Å². The van der Waals surface area contributed by atoms with Gasteiger partial charge >= 0.3 is 18.0 Å². The second-order valence-electron chi connectivity index (χ2n) is 4.86. The number of carboxylic acid groups (broad SMARTS) is 1. The molecule has 0 aliphatic heterocycles. The Kier molecular flexibility index (Phi) is 5.59. The summed E-state index contributed by atoms with van der Waals surface area (Å²) < 4.78 is 4.44. The number of hydrogen-bond acceptors (Lipinski definition) is 4. The molecule has 0 aromatic carbocycles. The molecule has 1 saturated carbocycles. The van der Waals surface area contributed by atoms with E-state index < -0.39 is 5.97 Å². The molecule has 2 amide bonds. The van der Waals surface area contributed by atoms with Gasteiger partial charge in [0.2, 0.25) is 0 Å². The smallest absolute Gasteiger partial charge is 0.314 e. The van der Waals surface area contributed by atoms with Crippen molar-refractivity contribution in [3.8, 4) is 0 Å². The van der Waals surface area contributed by atoms with Gasteiger partial charge in [-0.3, -0.25) is 9.59 Å². The number of methoxy groups -OCH3 is 1. The van der Waals surface area contributed by atoms with Crippen molar-refractivity contribution < 1.29 is 24.2 Å². The monoisotopic (exact) mass is 272 g/mol. The SMILES string of the molecule is COC(=O)CCNC(=O)NCC1(CC(=O)O)CCC1. The Hall–Kier alpha value is -1.79. The summed E-state index contributed by atoms with van der Waals surface area (Å²) in [5.74, 6) is -1.23. The topological polar surface area (TPSA) is 105 Å². The zero-order valence-electron chi connectivity index (χ0n) is 11.0. The molecule has 108 valence electrons. The normalized spacial score (nSPS) is 16.1. The lowest BCUT2D eigenvalue weighted by Gasteiger charge is -2.40. The number of ether oxygens (including phenoxy) is 1. The van der Waals surface area contributed by atoms with Gasteiger partial charge in [-0.05, 0) is 18.3 Å². The number of aliphatic carboxylic acids is 1. The standard InChI is InChI=1S/C12H20N2O5/c1-19-10(17)3-6-13-11(18)14-8-12(4-2-5-12)7-9(15)16/h2-8H2,1H3,(H,15,16)(H2,13,14,18). The van der Waals surface area contributed by atoms with Crippen molar-refractivity contribution in [3.05, 3.63) is 0 Å². The highest BCUT2D eigenvalue weighted by Crippen LogP contribution is 2.43. The van der Waals surface area contributed by atoms with Crippen LogP contribution < -0.4 is 10.6 Å². The maximum atomic E-state index is 11.5. The molecule has 19 heavy (non-hydrogen) atoms. The Balaban J connectivity index is 2.21. The molecule has 0 aromatic rings. The zero-order valence-corrected chi connectivity index (χ0v) is 11.0. The van der Waals surface area contributed by atoms with E-state index in [-0.39, 0.29) is 36.8 Å². The third kappa shape index (κ3) is 5.15. The summed E-state index contributed by atoms with van der Waals surface area (Å²) >= 11 is 0. The first-order valence-corrected chi connectivity index (χ1v) is 6.28. The number of carbonyl (C=O) groups excluding carboxylic acids is 2. The van der Waals surface area contributed by atoms with Crippen molar-refractivity contribution in [2.24, 2.45) is 5.41 Å². The maximum Gasteiger partial charge on any atom is 0.314 e. The molecule has 7 heteroatoms. The van der Waals surface area contributed by atoms with Gasteiger partial charge in [0, 0.05) is 13.1 Å². The van der Waals surface area contributed by atoms with Gasteiger partial charge in [-0.2, -0.15) is 0 Å². The average Bonchev–Trinajstić information content (AvgIpc) is 2.31. The summed E-state index contributed by atoms with van der Waals surface area (Å²) in [6.45, 7) is 0.549. The fraction of sp³-hybridized carbons (Fsp3) is 0.750. The van der Waals surface area contributed by atoms with Gasteiger partial charge in [0.05, 0.1) is 20.0 Å². The number of nitrogens with one attached hydrogen (secondary N) is 2. The van der Waals surface area contributed by atoms with Crippen molar-refractivity contribution in [3.63, 3.8) is 0 Å². The minimum Gasteiger partial charge on any atom is -0.481 e. The third-order valence-corrected chi connectivity index (χ3v) is 3.41. The molecule has 1 fully saturated rings. The van der Waals surface area contributed by atoms with Gasteiger partial charge in [-0.1, -0.05) is 6.42 Å². The zero-order chi connectivity index (χ0) is 14.3. The predicted octanol–water partition coefficient (Wildman–Crippen LogP) is 0.494. The first-order valence-electron chi connectivity index (χ1n) is 6.28. The lowest BCUT2D eigenvalue weighted by molar-refractivity contribution is -0.142. The van der Waals surface area contributed by atoms with E-state index in [0.717, 1.165) is 19.3 Å². The van der Waals surface area contributed by atoms with Crippen LogP contribution in [0.2, 0.25) is 0 Å². The Morgan fingerprint density at radius 1 is 1.26 bits per heavy atom. The summed E-state index contributed by atoms with van der Waals surface area (Å²) in [6, 6.07) is -0.388. The predicted molar refractivity (Wildman–Crippen MR) is 66.6 cm³/mol. The highest BCUT2D eigenvalue weighted by molar-refractivity contribution is 5.75. The lowest BCUT2D eigenvalue weighted by atomic mass is 9.66. The van der Waals surface area contributed by atoms with Crippen LogP contribution in [0.5, 0.6) is 0 Å². The first-order chi connectivity index (χ1) is 8.97. The van der Waals surface area contributed by atoms with Crippen LogP contribution in [0.25, 0.3) is 0 Å². The summed E-state index contributed by atoms with van der Waals surface area (Å²) in [5, 5.41) is 14.0. The van der Waals surface area contributed by atoms with Gasteiger partial charge in [0.15, 0.2) is 0 Å². The number of carboxylic acids is 1. The number of hydrogen-bond donors (Lipinski definition) is 3. The average molecular weight is 272 g/mol. The Morgan fingerprint density at radius 3 is 2.42 bits per heavy atom. The van der Waals surface area contributed by atoms with Crippen LogP contribution in [-0.2, 0) is 14.3 Å². The van der Waals surface area contributed by atoms with Gasteiger partial charge in [-0.15, -0.1) is 0 Å². The molecule has 0 saturated heterocycles. The Morgan fingerprint density at radius 2 is 1.95 bits per heavy atom. The molecule has 3 N–H and O–H groups in total. The molecule has 1 rings (SSSR count). The molecule has 1 aliphatic carbocycles. The van der Waals surface area contributed by atoms with Gasteiger partial charge in [-0.25, -0.2) is 4.79 Å². The van der Waals surface area contributed by atoms with Crippen LogP contribution in [0, 0.1) is 5.41 Å². The van der Waals surface area contributed by atoms with E-state index in [9.17, 15) is 14.4 Å². The van der Waals surface area contributed by atoms with Crippen molar-refractivity contribution in [2.75, 3.05) is 20.2 Å². The minimum absolute atomic E-state index is 0.0788. The molecule has 0 unspecified atom stereocenters. The fourth-order valence-electron chi connectivity index (χ4n) is 2.12. The van der Waals surface area contributed by atoms with Gasteiger partial charge in [0.1, 0.15) is 0 Å². The molecule has 0 atom stereocenters. The summed E-state index contributed by atoms with van der Waals surface area (Å²) in [6.07, 6.45) is 2.84. The second kappa shape index (κ2) is 6.96. The fourth-order valence-corrected chi connectivity index (χ4v) is 2.12. The van der Waals surface area contributed by atoms with E-state index in [0.29, 0.717) is 6.54 Å². The van der Waals surface area contributed by atoms with E-state index in [1.165, 1.54) is 7.11 Å². The van der Waals surface area contributed by atoms with E-state index >= 15 is 0 Å². The van der Waals surface area contributed by atoms with Crippen LogP contribution in [0.15, 0.2) is 0 Å². The Bertz CT molecular complexity index is 352. The van der Waals surface area contributed by atoms with Crippen LogP contribution in [-0.4, -0.2) is 43.3 Å². The molecule has 1 aliphatic rings. The second-order valence-corrected chi connectivity index (χ2v) is 4.86. The molecular formula is C12H20N2O5. The molecule has 0 heterocycles. The number of esters is 1. The van der Waals surface area contributed by atoms with Crippen LogP contribution in [0.4, 0.5) is 4.79 Å². The highest BCUT2D eigenvalue weighted by Gasteiger charge is 2.39. The van der Waals surface area contributed by atoms with Gasteiger partial charge < -0.3 is 20.5 Å². The Labute approximate surface area is 111 Å². The van der Waals surface area contributed by atoms with Crippen molar-refractivity contribution in [1.82, 2.24) is 10.6 Å². The first kappa shape index (κ1) is 15.3. The number of carbonyl (C=O) groups is 3. The number of amides is 2. The molecule has 0 spiro atoms. The lowest BCUT2D eigenvalue weighted by Crippen LogP contribution is -2.46. The molecule has 7 nitrogen and oxygen atoms in total. The highest BCUT2D eigenvalue weighted by atomic mass is 16.5. The van der Waals surface area contributed by atoms with Crippen LogP contribution >= 0.6 is 0 Å². The van der Waals surface area contributed by atoms with E-state index in [4.69, 9.17) is 5.11 Å². The quantitative estimate of drug-likeness (QED) is 0.585. The van der Waals surface area contributed by atoms with Crippen molar-refractivity contribution in [1.29, 1.82) is 0 Å². The summed E-state index contributed by atoms with van der Waals surface area (Å²) in [4.78, 5) is 33.0. The molecule has 0 bridgehead atoms. The van der Waals surface area contributed by atoms with E-state index in [1.54, 1.807) is 0 Å². The summed E-state index contributed by atoms with van der Waals surface area (Å²) in [7, 11) is 1.29. The third-order valence-electron chi connectivity index (χ3n) is 3.41.